The Balaban J connectivity index is 2.13. The van der Waals surface area contributed by atoms with Crippen molar-refractivity contribution < 1.29 is 4.79 Å². The third kappa shape index (κ3) is 1.43. The lowest BCUT2D eigenvalue weighted by Crippen LogP contribution is -2.31. The van der Waals surface area contributed by atoms with Crippen LogP contribution in [0.15, 0.2) is 6.33 Å². The van der Waals surface area contributed by atoms with Gasteiger partial charge in [0.15, 0.2) is 0 Å². The standard InChI is InChI=1S/C9H13N3O/c1-10-9(13)6-2-3-7-8(4-6)12-5-11-7/h5-6H,2-4H2,1H3,(H,10,13)(H,11,12). The Labute approximate surface area is 76.8 Å². The van der Waals surface area contributed by atoms with Crippen molar-refractivity contribution >= 4 is 5.91 Å². The van der Waals surface area contributed by atoms with Gasteiger partial charge in [0.1, 0.15) is 0 Å². The minimum absolute atomic E-state index is 0.123. The molecule has 0 saturated heterocycles. The molecule has 1 aliphatic rings. The highest BCUT2D eigenvalue weighted by Crippen LogP contribution is 2.22. The smallest absolute Gasteiger partial charge is 0.223 e. The second-order valence-corrected chi connectivity index (χ2v) is 3.38. The summed E-state index contributed by atoms with van der Waals surface area (Å²) in [5, 5.41) is 2.68. The molecular weight excluding hydrogens is 166 g/mol. The van der Waals surface area contributed by atoms with E-state index in [-0.39, 0.29) is 11.8 Å². The summed E-state index contributed by atoms with van der Waals surface area (Å²) in [5.41, 5.74) is 2.25. The van der Waals surface area contributed by atoms with E-state index in [0.717, 1.165) is 30.7 Å². The first-order chi connectivity index (χ1) is 6.31. The number of nitrogens with zero attached hydrogens (tertiary/aromatic N) is 1. The van der Waals surface area contributed by atoms with Gasteiger partial charge in [-0.25, -0.2) is 4.98 Å². The zero-order chi connectivity index (χ0) is 9.26. The number of amides is 1. The number of aromatic nitrogens is 2. The molecule has 4 nitrogen and oxygen atoms in total. The SMILES string of the molecule is CNC(=O)C1CCc2nc[nH]c2C1. The number of hydrogen-bond acceptors (Lipinski definition) is 2. The fraction of sp³-hybridized carbons (Fsp3) is 0.556. The van der Waals surface area contributed by atoms with E-state index in [1.54, 1.807) is 13.4 Å². The molecule has 13 heavy (non-hydrogen) atoms. The van der Waals surface area contributed by atoms with Crippen LogP contribution in [-0.4, -0.2) is 22.9 Å². The molecule has 0 fully saturated rings. The highest BCUT2D eigenvalue weighted by atomic mass is 16.1. The zero-order valence-corrected chi connectivity index (χ0v) is 7.63. The molecule has 0 bridgehead atoms. The number of hydrogen-bond donors (Lipinski definition) is 2. The maximum Gasteiger partial charge on any atom is 0.223 e. The molecule has 2 N–H and O–H groups in total. The molecule has 0 aliphatic heterocycles. The number of rotatable bonds is 1. The van der Waals surface area contributed by atoms with Crippen LogP contribution in [0.4, 0.5) is 0 Å². The Hall–Kier alpha value is -1.32. The van der Waals surface area contributed by atoms with E-state index in [1.165, 1.54) is 0 Å². The Morgan fingerprint density at radius 1 is 1.77 bits per heavy atom. The van der Waals surface area contributed by atoms with Crippen molar-refractivity contribution in [2.24, 2.45) is 5.92 Å². The van der Waals surface area contributed by atoms with Gasteiger partial charge >= 0.3 is 0 Å². The second-order valence-electron chi connectivity index (χ2n) is 3.38. The summed E-state index contributed by atoms with van der Waals surface area (Å²) in [6.07, 6.45) is 4.33. The minimum atomic E-state index is 0.123. The van der Waals surface area contributed by atoms with Crippen molar-refractivity contribution in [2.45, 2.75) is 19.3 Å². The first kappa shape index (κ1) is 8.29. The monoisotopic (exact) mass is 179 g/mol. The normalized spacial score (nSPS) is 20.8. The van der Waals surface area contributed by atoms with E-state index in [9.17, 15) is 4.79 Å². The Morgan fingerprint density at radius 3 is 3.38 bits per heavy atom. The maximum atomic E-state index is 11.4. The average Bonchev–Trinajstić information content (AvgIpc) is 2.63. The van der Waals surface area contributed by atoms with Crippen LogP contribution in [0.1, 0.15) is 17.8 Å². The minimum Gasteiger partial charge on any atom is -0.359 e. The third-order valence-corrected chi connectivity index (χ3v) is 2.60. The Kier molecular flexibility index (Phi) is 2.04. The van der Waals surface area contributed by atoms with E-state index in [4.69, 9.17) is 0 Å². The van der Waals surface area contributed by atoms with Crippen LogP contribution in [0.3, 0.4) is 0 Å². The fourth-order valence-electron chi connectivity index (χ4n) is 1.83. The molecule has 0 radical (unpaired) electrons. The molecule has 0 saturated carbocycles. The van der Waals surface area contributed by atoms with Crippen LogP contribution in [-0.2, 0) is 17.6 Å². The van der Waals surface area contributed by atoms with Gasteiger partial charge in [-0.1, -0.05) is 0 Å². The lowest BCUT2D eigenvalue weighted by molar-refractivity contribution is -0.124. The summed E-state index contributed by atoms with van der Waals surface area (Å²) >= 11 is 0. The van der Waals surface area contributed by atoms with Gasteiger partial charge in [0, 0.05) is 25.1 Å². The van der Waals surface area contributed by atoms with E-state index >= 15 is 0 Å². The number of nitrogens with one attached hydrogen (secondary N) is 2. The van der Waals surface area contributed by atoms with Crippen LogP contribution < -0.4 is 5.32 Å². The largest absolute Gasteiger partial charge is 0.359 e. The zero-order valence-electron chi connectivity index (χ0n) is 7.63. The number of H-pyrrole nitrogens is 1. The van der Waals surface area contributed by atoms with Crippen LogP contribution in [0.25, 0.3) is 0 Å². The van der Waals surface area contributed by atoms with Gasteiger partial charge in [-0.05, 0) is 12.8 Å². The van der Waals surface area contributed by atoms with Crippen molar-refractivity contribution in [1.29, 1.82) is 0 Å². The molecule has 1 aliphatic carbocycles. The van der Waals surface area contributed by atoms with Crippen LogP contribution in [0, 0.1) is 5.92 Å². The molecule has 1 aromatic heterocycles. The molecule has 0 aromatic carbocycles. The summed E-state index contributed by atoms with van der Waals surface area (Å²) in [6, 6.07) is 0. The molecule has 70 valence electrons. The number of fused-ring (bicyclic) bond motifs is 1. The van der Waals surface area contributed by atoms with Gasteiger partial charge in [-0.2, -0.15) is 0 Å². The van der Waals surface area contributed by atoms with Crippen molar-refractivity contribution in [3.05, 3.63) is 17.7 Å². The topological polar surface area (TPSA) is 57.8 Å². The van der Waals surface area contributed by atoms with Crippen molar-refractivity contribution in [1.82, 2.24) is 15.3 Å². The third-order valence-electron chi connectivity index (χ3n) is 2.60. The summed E-state index contributed by atoms with van der Waals surface area (Å²) in [7, 11) is 1.69. The average molecular weight is 179 g/mol. The molecule has 2 rings (SSSR count). The van der Waals surface area contributed by atoms with E-state index in [1.807, 2.05) is 0 Å². The highest BCUT2D eigenvalue weighted by Gasteiger charge is 2.24. The van der Waals surface area contributed by atoms with Gasteiger partial charge in [-0.15, -0.1) is 0 Å². The van der Waals surface area contributed by atoms with E-state index in [0.29, 0.717) is 0 Å². The quantitative estimate of drug-likeness (QED) is 0.649. The summed E-state index contributed by atoms with van der Waals surface area (Å²) in [6.45, 7) is 0. The fourth-order valence-corrected chi connectivity index (χ4v) is 1.83. The van der Waals surface area contributed by atoms with Crippen molar-refractivity contribution in [3.63, 3.8) is 0 Å². The van der Waals surface area contributed by atoms with Crippen LogP contribution in [0.2, 0.25) is 0 Å². The molecule has 4 heteroatoms. The van der Waals surface area contributed by atoms with Crippen LogP contribution >= 0.6 is 0 Å². The van der Waals surface area contributed by atoms with Crippen LogP contribution in [0.5, 0.6) is 0 Å². The van der Waals surface area contributed by atoms with Gasteiger partial charge in [0.2, 0.25) is 5.91 Å². The van der Waals surface area contributed by atoms with Gasteiger partial charge in [0.25, 0.3) is 0 Å². The molecule has 1 atom stereocenters. The number of carbonyl (C=O) groups excluding carboxylic acids is 1. The number of aromatic amines is 1. The maximum absolute atomic E-state index is 11.4. The number of carbonyl (C=O) groups is 1. The summed E-state index contributed by atoms with van der Waals surface area (Å²) < 4.78 is 0. The summed E-state index contributed by atoms with van der Waals surface area (Å²) in [5.74, 6) is 0.262. The highest BCUT2D eigenvalue weighted by molar-refractivity contribution is 5.78. The Bertz CT molecular complexity index is 318. The first-order valence-corrected chi connectivity index (χ1v) is 4.54. The molecule has 0 spiro atoms. The van der Waals surface area contributed by atoms with E-state index in [2.05, 4.69) is 15.3 Å². The van der Waals surface area contributed by atoms with Gasteiger partial charge < -0.3 is 10.3 Å². The molecular formula is C9H13N3O. The van der Waals surface area contributed by atoms with Gasteiger partial charge in [-0.3, -0.25) is 4.79 Å². The predicted octanol–water partition coefficient (Wildman–Crippen LogP) is 0.261. The number of imidazole rings is 1. The molecule has 1 unspecified atom stereocenters. The number of aryl methyl sites for hydroxylation is 1. The van der Waals surface area contributed by atoms with Crippen molar-refractivity contribution in [2.75, 3.05) is 7.05 Å². The van der Waals surface area contributed by atoms with Crippen molar-refractivity contribution in [3.8, 4) is 0 Å². The lowest BCUT2D eigenvalue weighted by Gasteiger charge is -2.19. The van der Waals surface area contributed by atoms with Gasteiger partial charge in [0.05, 0.1) is 12.0 Å². The lowest BCUT2D eigenvalue weighted by atomic mass is 9.89. The summed E-state index contributed by atoms with van der Waals surface area (Å²) in [4.78, 5) is 18.6. The molecule has 1 aromatic rings. The Morgan fingerprint density at radius 2 is 2.62 bits per heavy atom. The first-order valence-electron chi connectivity index (χ1n) is 4.54. The van der Waals surface area contributed by atoms with E-state index < -0.39 is 0 Å². The molecule has 1 heterocycles. The predicted molar refractivity (Wildman–Crippen MR) is 48.2 cm³/mol. The second kappa shape index (κ2) is 3.20. The molecule has 1 amide bonds.